The fourth-order valence-electron chi connectivity index (χ4n) is 3.48. The second-order valence-corrected chi connectivity index (χ2v) is 6.43. The Balaban J connectivity index is 1.90. The van der Waals surface area contributed by atoms with Crippen molar-refractivity contribution in [2.24, 2.45) is 0 Å². The van der Waals surface area contributed by atoms with Crippen LogP contribution >= 0.6 is 0 Å². The molecule has 1 aromatic carbocycles. The molecule has 1 amide bonds. The minimum Gasteiger partial charge on any atom is -0.379 e. The Morgan fingerprint density at radius 1 is 1.36 bits per heavy atom. The van der Waals surface area contributed by atoms with Crippen molar-refractivity contribution in [1.82, 2.24) is 14.9 Å². The Morgan fingerprint density at radius 2 is 2.12 bits per heavy atom. The molecule has 0 unspecified atom stereocenters. The van der Waals surface area contributed by atoms with Crippen LogP contribution in [0, 0.1) is 6.92 Å². The lowest BCUT2D eigenvalue weighted by atomic mass is 9.92. The molecular formula is C19H23N3O3. The predicted molar refractivity (Wildman–Crippen MR) is 94.6 cm³/mol. The molecule has 0 aliphatic carbocycles. The normalized spacial score (nSPS) is 20.5. The summed E-state index contributed by atoms with van der Waals surface area (Å²) in [5.41, 5.74) is 1.48. The first-order valence-corrected chi connectivity index (χ1v) is 8.54. The lowest BCUT2D eigenvalue weighted by molar-refractivity contribution is -0.0120. The number of aryl methyl sites for hydroxylation is 1. The number of aromatic nitrogens is 2. The molecule has 1 N–H and O–H groups in total. The van der Waals surface area contributed by atoms with Crippen LogP contribution < -0.4 is 5.69 Å². The number of rotatable bonds is 4. The first-order valence-electron chi connectivity index (χ1n) is 8.54. The molecule has 6 nitrogen and oxygen atoms in total. The smallest absolute Gasteiger partial charge is 0.345 e. The van der Waals surface area contributed by atoms with Crippen molar-refractivity contribution in [3.05, 3.63) is 63.8 Å². The van der Waals surface area contributed by atoms with Gasteiger partial charge in [0.2, 0.25) is 0 Å². The molecule has 2 heterocycles. The maximum absolute atomic E-state index is 13.0. The van der Waals surface area contributed by atoms with Gasteiger partial charge in [-0.25, -0.2) is 4.79 Å². The van der Waals surface area contributed by atoms with Gasteiger partial charge in [-0.3, -0.25) is 4.79 Å². The Labute approximate surface area is 146 Å². The van der Waals surface area contributed by atoms with Crippen molar-refractivity contribution >= 4 is 5.91 Å². The van der Waals surface area contributed by atoms with Crippen LogP contribution in [0.5, 0.6) is 0 Å². The molecule has 2 aromatic rings. The van der Waals surface area contributed by atoms with E-state index in [1.54, 1.807) is 20.1 Å². The van der Waals surface area contributed by atoms with E-state index in [0.717, 1.165) is 18.4 Å². The number of piperidine rings is 1. The number of hydrogen-bond donors (Lipinski definition) is 1. The summed E-state index contributed by atoms with van der Waals surface area (Å²) in [5.74, 6) is -0.211. The Bertz CT molecular complexity index is 788. The molecule has 6 heteroatoms. The van der Waals surface area contributed by atoms with Gasteiger partial charge in [0.05, 0.1) is 12.1 Å². The molecule has 3 rings (SSSR count). The number of methoxy groups -OCH3 is 1. The van der Waals surface area contributed by atoms with Gasteiger partial charge in [-0.1, -0.05) is 30.3 Å². The summed E-state index contributed by atoms with van der Waals surface area (Å²) < 4.78 is 5.66. The number of H-pyrrole nitrogens is 1. The third kappa shape index (κ3) is 3.96. The number of carbonyl (C=O) groups is 1. The van der Waals surface area contributed by atoms with Crippen molar-refractivity contribution < 1.29 is 9.53 Å². The second-order valence-electron chi connectivity index (χ2n) is 6.43. The van der Waals surface area contributed by atoms with Crippen LogP contribution in [0.4, 0.5) is 0 Å². The van der Waals surface area contributed by atoms with Crippen LogP contribution in [0.15, 0.2) is 41.2 Å². The van der Waals surface area contributed by atoms with Crippen LogP contribution in [-0.4, -0.2) is 46.6 Å². The van der Waals surface area contributed by atoms with E-state index in [0.29, 0.717) is 18.7 Å². The van der Waals surface area contributed by atoms with Crippen LogP contribution in [0.1, 0.15) is 34.6 Å². The van der Waals surface area contributed by atoms with E-state index in [1.165, 1.54) is 0 Å². The molecule has 0 bridgehead atoms. The highest BCUT2D eigenvalue weighted by Crippen LogP contribution is 2.25. The SMILES string of the molecule is CO[C@H]1CCCN(C(=O)c2cc(C)[nH]c(=O)n2)[C@H]1Cc1ccccc1. The average molecular weight is 341 g/mol. The van der Waals surface area contributed by atoms with Gasteiger partial charge in [0.15, 0.2) is 0 Å². The van der Waals surface area contributed by atoms with Gasteiger partial charge in [0.1, 0.15) is 5.69 Å². The Hall–Kier alpha value is -2.47. The number of benzene rings is 1. The molecule has 0 radical (unpaired) electrons. The number of likely N-dealkylation sites (tertiary alicyclic amines) is 1. The van der Waals surface area contributed by atoms with Crippen LogP contribution in [0.2, 0.25) is 0 Å². The van der Waals surface area contributed by atoms with Gasteiger partial charge in [-0.05, 0) is 37.8 Å². The first-order chi connectivity index (χ1) is 12.1. The van der Waals surface area contributed by atoms with E-state index in [1.807, 2.05) is 23.1 Å². The fourth-order valence-corrected chi connectivity index (χ4v) is 3.48. The summed E-state index contributed by atoms with van der Waals surface area (Å²) in [6.07, 6.45) is 2.48. The minimum atomic E-state index is -0.497. The van der Waals surface area contributed by atoms with E-state index < -0.39 is 5.69 Å². The van der Waals surface area contributed by atoms with Gasteiger partial charge >= 0.3 is 5.69 Å². The topological polar surface area (TPSA) is 75.3 Å². The van der Waals surface area contributed by atoms with Crippen molar-refractivity contribution in [2.45, 2.75) is 38.3 Å². The summed E-state index contributed by atoms with van der Waals surface area (Å²) in [4.78, 5) is 32.9. The summed E-state index contributed by atoms with van der Waals surface area (Å²) >= 11 is 0. The van der Waals surface area contributed by atoms with E-state index >= 15 is 0 Å². The predicted octanol–water partition coefficient (Wildman–Crippen LogP) is 1.94. The maximum Gasteiger partial charge on any atom is 0.345 e. The van der Waals surface area contributed by atoms with Crippen LogP contribution in [-0.2, 0) is 11.2 Å². The van der Waals surface area contributed by atoms with Crippen molar-refractivity contribution in [1.29, 1.82) is 0 Å². The van der Waals surface area contributed by atoms with E-state index in [-0.39, 0.29) is 23.7 Å². The first kappa shape index (κ1) is 17.4. The van der Waals surface area contributed by atoms with E-state index in [4.69, 9.17) is 4.74 Å². The van der Waals surface area contributed by atoms with E-state index in [2.05, 4.69) is 22.1 Å². The largest absolute Gasteiger partial charge is 0.379 e. The molecule has 1 saturated heterocycles. The zero-order valence-electron chi connectivity index (χ0n) is 14.6. The summed E-state index contributed by atoms with van der Waals surface area (Å²) in [6, 6.07) is 11.6. The molecule has 0 spiro atoms. The van der Waals surface area contributed by atoms with Gasteiger partial charge in [0.25, 0.3) is 5.91 Å². The highest BCUT2D eigenvalue weighted by molar-refractivity contribution is 5.92. The molecule has 132 valence electrons. The Kier molecular flexibility index (Phi) is 5.28. The zero-order chi connectivity index (χ0) is 17.8. The quantitative estimate of drug-likeness (QED) is 0.922. The third-order valence-corrected chi connectivity index (χ3v) is 4.67. The minimum absolute atomic E-state index is 0.0269. The third-order valence-electron chi connectivity index (χ3n) is 4.67. The fraction of sp³-hybridized carbons (Fsp3) is 0.421. The molecule has 0 saturated carbocycles. The van der Waals surface area contributed by atoms with Crippen molar-refractivity contribution in [2.75, 3.05) is 13.7 Å². The molecule has 1 aromatic heterocycles. The zero-order valence-corrected chi connectivity index (χ0v) is 14.6. The lowest BCUT2D eigenvalue weighted by Gasteiger charge is -2.40. The van der Waals surface area contributed by atoms with E-state index in [9.17, 15) is 9.59 Å². The van der Waals surface area contributed by atoms with Gasteiger partial charge in [-0.2, -0.15) is 4.98 Å². The van der Waals surface area contributed by atoms with Gasteiger partial charge < -0.3 is 14.6 Å². The number of hydrogen-bond acceptors (Lipinski definition) is 4. The summed E-state index contributed by atoms with van der Waals surface area (Å²) in [6.45, 7) is 2.39. The van der Waals surface area contributed by atoms with Crippen molar-refractivity contribution in [3.63, 3.8) is 0 Å². The molecule has 2 atom stereocenters. The number of ether oxygens (including phenoxy) is 1. The number of aromatic amines is 1. The molecule has 25 heavy (non-hydrogen) atoms. The lowest BCUT2D eigenvalue weighted by Crippen LogP contribution is -2.53. The number of nitrogens with one attached hydrogen (secondary N) is 1. The maximum atomic E-state index is 13.0. The number of nitrogens with zero attached hydrogens (tertiary/aromatic N) is 2. The number of amides is 1. The highest BCUT2D eigenvalue weighted by Gasteiger charge is 2.35. The van der Waals surface area contributed by atoms with Gasteiger partial charge in [0, 0.05) is 19.3 Å². The van der Waals surface area contributed by atoms with Crippen LogP contribution in [0.25, 0.3) is 0 Å². The van der Waals surface area contributed by atoms with Crippen molar-refractivity contribution in [3.8, 4) is 0 Å². The molecule has 1 fully saturated rings. The second kappa shape index (κ2) is 7.61. The van der Waals surface area contributed by atoms with Gasteiger partial charge in [-0.15, -0.1) is 0 Å². The molecular weight excluding hydrogens is 318 g/mol. The standard InChI is InChI=1S/C19H23N3O3/c1-13-11-15(21-19(24)20-13)18(23)22-10-6-9-17(25-2)16(22)12-14-7-4-3-5-8-14/h3-5,7-8,11,16-17H,6,9-10,12H2,1-2H3,(H,20,21,24)/t16-,17-/m0/s1. The highest BCUT2D eigenvalue weighted by atomic mass is 16.5. The monoisotopic (exact) mass is 341 g/mol. The Morgan fingerprint density at radius 3 is 2.80 bits per heavy atom. The van der Waals surface area contributed by atoms with Crippen LogP contribution in [0.3, 0.4) is 0 Å². The average Bonchev–Trinajstić information content (AvgIpc) is 2.61. The number of carbonyl (C=O) groups excluding carboxylic acids is 1. The summed E-state index contributed by atoms with van der Waals surface area (Å²) in [5, 5.41) is 0. The molecule has 1 aliphatic heterocycles. The molecule has 1 aliphatic rings. The summed E-state index contributed by atoms with van der Waals surface area (Å²) in [7, 11) is 1.69.